The number of fused-ring (bicyclic) bond motifs is 3. The standard InChI is InChI=1S/C52H43N3O3/c1-57-44-29-16-21-39(33-44)49-35-55(52(41-23-8-3-9-24-41,42-25-10-4-11-26-42)43-27-12-5-13-28-43)50(53-49)48(32-37-18-6-2-7-19-37)54-51(56)58-36-40-22-17-31-46-45-30-15-14-20-38(45)34-47(40)46/h2-31,33,35,48H,32,34,36H2,1H3,(H,54,56). The predicted octanol–water partition coefficient (Wildman–Crippen LogP) is 11.2. The highest BCUT2D eigenvalue weighted by atomic mass is 16.5. The van der Waals surface area contributed by atoms with Crippen molar-refractivity contribution in [1.82, 2.24) is 14.9 Å². The Morgan fingerprint density at radius 3 is 1.93 bits per heavy atom. The lowest BCUT2D eigenvalue weighted by atomic mass is 9.76. The van der Waals surface area contributed by atoms with Gasteiger partial charge in [-0.15, -0.1) is 0 Å². The van der Waals surface area contributed by atoms with Gasteiger partial charge in [0.05, 0.1) is 18.8 Å². The maximum absolute atomic E-state index is 14.3. The highest BCUT2D eigenvalue weighted by Crippen LogP contribution is 2.44. The van der Waals surface area contributed by atoms with Crippen molar-refractivity contribution < 1.29 is 14.3 Å². The van der Waals surface area contributed by atoms with Crippen LogP contribution in [0.2, 0.25) is 0 Å². The quantitative estimate of drug-likeness (QED) is 0.126. The maximum Gasteiger partial charge on any atom is 0.408 e. The van der Waals surface area contributed by atoms with Crippen molar-refractivity contribution in [3.63, 3.8) is 0 Å². The molecule has 7 aromatic carbocycles. The molecule has 0 saturated carbocycles. The number of carbonyl (C=O) groups excluding carboxylic acids is 1. The van der Waals surface area contributed by atoms with Crippen LogP contribution in [0.1, 0.15) is 50.8 Å². The Morgan fingerprint density at radius 2 is 1.28 bits per heavy atom. The van der Waals surface area contributed by atoms with Crippen molar-refractivity contribution in [2.75, 3.05) is 7.11 Å². The molecule has 1 N–H and O–H groups in total. The second kappa shape index (κ2) is 16.1. The van der Waals surface area contributed by atoms with Gasteiger partial charge >= 0.3 is 6.09 Å². The minimum absolute atomic E-state index is 0.145. The Morgan fingerprint density at radius 1 is 0.690 bits per heavy atom. The molecule has 1 atom stereocenters. The van der Waals surface area contributed by atoms with Crippen molar-refractivity contribution in [1.29, 1.82) is 0 Å². The minimum atomic E-state index is -0.899. The van der Waals surface area contributed by atoms with E-state index in [4.69, 9.17) is 14.5 Å². The largest absolute Gasteiger partial charge is 0.497 e. The molecule has 6 heteroatoms. The van der Waals surface area contributed by atoms with E-state index >= 15 is 0 Å². The summed E-state index contributed by atoms with van der Waals surface area (Å²) in [5.41, 5.74) is 10.8. The normalized spacial score (nSPS) is 12.3. The van der Waals surface area contributed by atoms with E-state index < -0.39 is 17.7 Å². The number of carbonyl (C=O) groups is 1. The van der Waals surface area contributed by atoms with E-state index in [9.17, 15) is 4.79 Å². The Labute approximate surface area is 339 Å². The summed E-state index contributed by atoms with van der Waals surface area (Å²) in [6, 6.07) is 63.9. The van der Waals surface area contributed by atoms with Crippen molar-refractivity contribution >= 4 is 6.09 Å². The van der Waals surface area contributed by atoms with Gasteiger partial charge < -0.3 is 19.4 Å². The lowest BCUT2D eigenvalue weighted by Gasteiger charge is -2.39. The lowest BCUT2D eigenvalue weighted by molar-refractivity contribution is 0.134. The van der Waals surface area contributed by atoms with Crippen LogP contribution in [0.4, 0.5) is 4.79 Å². The first-order chi connectivity index (χ1) is 28.6. The van der Waals surface area contributed by atoms with Gasteiger partial charge in [-0.1, -0.05) is 176 Å². The van der Waals surface area contributed by atoms with E-state index in [1.807, 2.05) is 66.7 Å². The fourth-order valence-corrected chi connectivity index (χ4v) is 8.53. The molecule has 284 valence electrons. The molecule has 0 aliphatic heterocycles. The van der Waals surface area contributed by atoms with E-state index in [0.717, 1.165) is 51.2 Å². The van der Waals surface area contributed by atoms with Gasteiger partial charge in [0.25, 0.3) is 0 Å². The molecule has 1 unspecified atom stereocenters. The molecule has 1 aromatic heterocycles. The van der Waals surface area contributed by atoms with Crippen LogP contribution in [0.25, 0.3) is 22.4 Å². The fraction of sp³-hybridized carbons (Fsp3) is 0.115. The highest BCUT2D eigenvalue weighted by Gasteiger charge is 2.42. The topological polar surface area (TPSA) is 65.4 Å². The number of amides is 1. The number of aromatic nitrogens is 2. The minimum Gasteiger partial charge on any atom is -0.497 e. The first-order valence-electron chi connectivity index (χ1n) is 19.7. The van der Waals surface area contributed by atoms with Crippen molar-refractivity contribution in [2.45, 2.75) is 31.0 Å². The van der Waals surface area contributed by atoms with Crippen LogP contribution in [0.15, 0.2) is 194 Å². The van der Waals surface area contributed by atoms with Gasteiger partial charge in [0.1, 0.15) is 23.7 Å². The monoisotopic (exact) mass is 757 g/mol. The number of alkyl carbamates (subject to hydrolysis) is 1. The number of nitrogens with zero attached hydrogens (tertiary/aromatic N) is 2. The first kappa shape index (κ1) is 36.5. The second-order valence-electron chi connectivity index (χ2n) is 14.6. The molecule has 0 saturated heterocycles. The number of hydrogen-bond donors (Lipinski definition) is 1. The summed E-state index contributed by atoms with van der Waals surface area (Å²) in [5.74, 6) is 1.40. The van der Waals surface area contributed by atoms with Crippen molar-refractivity contribution in [2.24, 2.45) is 0 Å². The fourth-order valence-electron chi connectivity index (χ4n) is 8.53. The summed E-state index contributed by atoms with van der Waals surface area (Å²) in [4.78, 5) is 19.7. The van der Waals surface area contributed by atoms with Gasteiger partial charge in [-0.3, -0.25) is 0 Å². The lowest BCUT2D eigenvalue weighted by Crippen LogP contribution is -2.41. The van der Waals surface area contributed by atoms with Crippen LogP contribution in [0.5, 0.6) is 5.75 Å². The van der Waals surface area contributed by atoms with Crippen LogP contribution >= 0.6 is 0 Å². The number of rotatable bonds is 12. The Bertz CT molecular complexity index is 2560. The van der Waals surface area contributed by atoms with Crippen molar-refractivity contribution in [3.8, 4) is 28.1 Å². The van der Waals surface area contributed by atoms with E-state index in [2.05, 4.69) is 137 Å². The van der Waals surface area contributed by atoms with Gasteiger partial charge in [0.15, 0.2) is 0 Å². The number of imidazole rings is 1. The SMILES string of the molecule is COc1cccc(-c2cn(C(c3ccccc3)(c3ccccc3)c3ccccc3)c(C(Cc3ccccc3)NC(=O)OCc3cccc4c3Cc3ccccc3-4)n2)c1. The summed E-state index contributed by atoms with van der Waals surface area (Å²) in [7, 11) is 1.67. The second-order valence-corrected chi connectivity index (χ2v) is 14.6. The molecule has 0 spiro atoms. The van der Waals surface area contributed by atoms with E-state index in [1.54, 1.807) is 7.11 Å². The molecule has 0 radical (unpaired) electrons. The molecule has 0 fully saturated rings. The van der Waals surface area contributed by atoms with Crippen LogP contribution < -0.4 is 10.1 Å². The summed E-state index contributed by atoms with van der Waals surface area (Å²) < 4.78 is 14.1. The van der Waals surface area contributed by atoms with Crippen molar-refractivity contribution in [3.05, 3.63) is 239 Å². The maximum atomic E-state index is 14.3. The third kappa shape index (κ3) is 6.94. The molecule has 1 amide bonds. The van der Waals surface area contributed by atoms with E-state index in [0.29, 0.717) is 12.2 Å². The number of hydrogen-bond acceptors (Lipinski definition) is 4. The van der Waals surface area contributed by atoms with Gasteiger partial charge in [-0.25, -0.2) is 9.78 Å². The molecular formula is C52H43N3O3. The van der Waals surface area contributed by atoms with Gasteiger partial charge in [-0.2, -0.15) is 0 Å². The molecule has 0 bridgehead atoms. The molecule has 1 heterocycles. The molecule has 1 aliphatic carbocycles. The summed E-state index contributed by atoms with van der Waals surface area (Å²) in [6.45, 7) is 0.145. The molecular weight excluding hydrogens is 715 g/mol. The van der Waals surface area contributed by atoms with Crippen LogP contribution in [-0.4, -0.2) is 22.8 Å². The van der Waals surface area contributed by atoms with Crippen LogP contribution in [0, 0.1) is 0 Å². The molecule has 6 nitrogen and oxygen atoms in total. The number of ether oxygens (including phenoxy) is 2. The average Bonchev–Trinajstić information content (AvgIpc) is 3.91. The van der Waals surface area contributed by atoms with Crippen LogP contribution in [-0.2, 0) is 29.7 Å². The summed E-state index contributed by atoms with van der Waals surface area (Å²) in [5, 5.41) is 3.32. The van der Waals surface area contributed by atoms with E-state index in [1.165, 1.54) is 22.3 Å². The number of methoxy groups -OCH3 is 1. The zero-order valence-electron chi connectivity index (χ0n) is 32.3. The van der Waals surface area contributed by atoms with Crippen LogP contribution in [0.3, 0.4) is 0 Å². The first-order valence-corrected chi connectivity index (χ1v) is 19.7. The van der Waals surface area contributed by atoms with Gasteiger partial charge in [0, 0.05) is 18.2 Å². The number of nitrogens with one attached hydrogen (secondary N) is 1. The molecule has 9 rings (SSSR count). The zero-order chi connectivity index (χ0) is 39.3. The average molecular weight is 758 g/mol. The molecule has 8 aromatic rings. The number of benzene rings is 7. The predicted molar refractivity (Wildman–Crippen MR) is 230 cm³/mol. The molecule has 1 aliphatic rings. The van der Waals surface area contributed by atoms with Gasteiger partial charge in [-0.05, 0) is 68.6 Å². The Hall–Kier alpha value is -7.18. The molecule has 58 heavy (non-hydrogen) atoms. The third-order valence-corrected chi connectivity index (χ3v) is 11.2. The van der Waals surface area contributed by atoms with E-state index in [-0.39, 0.29) is 6.61 Å². The highest BCUT2D eigenvalue weighted by molar-refractivity contribution is 5.78. The third-order valence-electron chi connectivity index (χ3n) is 11.2. The van der Waals surface area contributed by atoms with Gasteiger partial charge in [0.2, 0.25) is 0 Å². The Balaban J connectivity index is 1.19. The zero-order valence-corrected chi connectivity index (χ0v) is 32.3. The smallest absolute Gasteiger partial charge is 0.408 e. The summed E-state index contributed by atoms with van der Waals surface area (Å²) in [6.07, 6.45) is 2.88. The Kier molecular flexibility index (Phi) is 10.1. The summed E-state index contributed by atoms with van der Waals surface area (Å²) >= 11 is 0.